The van der Waals surface area contributed by atoms with Crippen LogP contribution in [0, 0.1) is 5.92 Å². The number of carbonyl (C=O) groups is 1. The second-order valence-electron chi connectivity index (χ2n) is 7.30. The molecule has 29 heavy (non-hydrogen) atoms. The zero-order valence-electron chi connectivity index (χ0n) is 15.9. The van der Waals surface area contributed by atoms with E-state index in [1.54, 1.807) is 12.5 Å². The smallest absolute Gasteiger partial charge is 0.225 e. The zero-order chi connectivity index (χ0) is 19.6. The van der Waals surface area contributed by atoms with Gasteiger partial charge >= 0.3 is 0 Å². The maximum atomic E-state index is 12.7. The second kappa shape index (κ2) is 7.50. The minimum Gasteiger partial charge on any atom is -0.450 e. The molecule has 7 nitrogen and oxygen atoms in total. The molecule has 1 aliphatic heterocycles. The highest BCUT2D eigenvalue weighted by atomic mass is 16.3. The van der Waals surface area contributed by atoms with Crippen molar-refractivity contribution in [2.75, 3.05) is 18.0 Å². The third-order valence-electron chi connectivity index (χ3n) is 5.40. The molecule has 0 saturated carbocycles. The second-order valence-corrected chi connectivity index (χ2v) is 7.30. The Morgan fingerprint density at radius 2 is 2.03 bits per heavy atom. The van der Waals surface area contributed by atoms with Crippen molar-refractivity contribution in [1.29, 1.82) is 0 Å². The number of anilines is 1. The van der Waals surface area contributed by atoms with E-state index in [1.807, 2.05) is 42.5 Å². The fraction of sp³-hybridized carbons (Fsp3) is 0.273. The lowest BCUT2D eigenvalue weighted by Crippen LogP contribution is -2.43. The van der Waals surface area contributed by atoms with Crippen LogP contribution in [0.3, 0.4) is 0 Å². The van der Waals surface area contributed by atoms with Crippen molar-refractivity contribution >= 4 is 33.8 Å². The Morgan fingerprint density at radius 1 is 1.14 bits per heavy atom. The molecule has 0 aliphatic carbocycles. The van der Waals surface area contributed by atoms with Crippen LogP contribution in [0.25, 0.3) is 22.1 Å². The summed E-state index contributed by atoms with van der Waals surface area (Å²) < 4.78 is 6.06. The van der Waals surface area contributed by atoms with Gasteiger partial charge in [0.2, 0.25) is 5.91 Å². The molecule has 5 rings (SSSR count). The van der Waals surface area contributed by atoms with Gasteiger partial charge in [-0.1, -0.05) is 18.2 Å². The Bertz CT molecular complexity index is 1160. The molecule has 1 saturated heterocycles. The van der Waals surface area contributed by atoms with Crippen molar-refractivity contribution in [1.82, 2.24) is 20.3 Å². The first-order valence-electron chi connectivity index (χ1n) is 9.84. The van der Waals surface area contributed by atoms with E-state index in [-0.39, 0.29) is 11.8 Å². The number of piperidine rings is 1. The maximum absolute atomic E-state index is 12.7. The predicted octanol–water partition coefficient (Wildman–Crippen LogP) is 3.30. The standard InChI is InChI=1S/C22H21N5O2/c28-22(24-12-16-7-3-4-10-23-16)15-6-5-11-27(13-15)21-20-19(25-14-26-21)17-8-1-2-9-18(17)29-20/h1-4,7-10,14-15H,5-6,11-13H2,(H,24,28). The summed E-state index contributed by atoms with van der Waals surface area (Å²) in [5.41, 5.74) is 3.15. The summed E-state index contributed by atoms with van der Waals surface area (Å²) in [6.07, 6.45) is 5.09. The number of nitrogens with one attached hydrogen (secondary N) is 1. The number of benzene rings is 1. The number of carbonyl (C=O) groups excluding carboxylic acids is 1. The molecular formula is C22H21N5O2. The Morgan fingerprint density at radius 3 is 2.93 bits per heavy atom. The molecule has 0 radical (unpaired) electrons. The van der Waals surface area contributed by atoms with E-state index in [9.17, 15) is 4.79 Å². The number of hydrogen-bond donors (Lipinski definition) is 1. The van der Waals surface area contributed by atoms with Crippen LogP contribution in [0.2, 0.25) is 0 Å². The molecule has 7 heteroatoms. The summed E-state index contributed by atoms with van der Waals surface area (Å²) in [6, 6.07) is 13.6. The highest BCUT2D eigenvalue weighted by Crippen LogP contribution is 2.33. The van der Waals surface area contributed by atoms with Gasteiger partial charge in [-0.15, -0.1) is 0 Å². The van der Waals surface area contributed by atoms with Gasteiger partial charge in [0.05, 0.1) is 18.2 Å². The van der Waals surface area contributed by atoms with Crippen LogP contribution >= 0.6 is 0 Å². The van der Waals surface area contributed by atoms with Gasteiger partial charge in [-0.25, -0.2) is 9.97 Å². The number of nitrogens with zero attached hydrogens (tertiary/aromatic N) is 4. The minimum absolute atomic E-state index is 0.0512. The average molecular weight is 387 g/mol. The molecule has 1 atom stereocenters. The molecule has 1 aromatic carbocycles. The lowest BCUT2D eigenvalue weighted by Gasteiger charge is -2.32. The number of furan rings is 1. The number of pyridine rings is 1. The van der Waals surface area contributed by atoms with Gasteiger partial charge < -0.3 is 14.6 Å². The molecule has 1 fully saturated rings. The zero-order valence-corrected chi connectivity index (χ0v) is 15.9. The fourth-order valence-corrected chi connectivity index (χ4v) is 3.95. The van der Waals surface area contributed by atoms with Gasteiger partial charge in [-0.05, 0) is 37.1 Å². The first kappa shape index (κ1) is 17.6. The normalized spacial score (nSPS) is 17.0. The third-order valence-corrected chi connectivity index (χ3v) is 5.40. The molecule has 146 valence electrons. The van der Waals surface area contributed by atoms with Gasteiger partial charge in [0.25, 0.3) is 0 Å². The van der Waals surface area contributed by atoms with Crippen molar-refractivity contribution in [2.24, 2.45) is 5.92 Å². The lowest BCUT2D eigenvalue weighted by molar-refractivity contribution is -0.125. The number of para-hydroxylation sites is 1. The van der Waals surface area contributed by atoms with E-state index in [2.05, 4.69) is 25.2 Å². The lowest BCUT2D eigenvalue weighted by atomic mass is 9.97. The van der Waals surface area contributed by atoms with Crippen LogP contribution in [0.1, 0.15) is 18.5 Å². The van der Waals surface area contributed by atoms with E-state index in [4.69, 9.17) is 4.42 Å². The first-order chi connectivity index (χ1) is 14.3. The molecule has 4 heterocycles. The van der Waals surface area contributed by atoms with Gasteiger partial charge in [0.15, 0.2) is 11.4 Å². The van der Waals surface area contributed by atoms with Crippen LogP contribution in [-0.4, -0.2) is 33.9 Å². The Hall–Kier alpha value is -3.48. The topological polar surface area (TPSA) is 84.2 Å². The number of hydrogen-bond acceptors (Lipinski definition) is 6. The van der Waals surface area contributed by atoms with E-state index in [0.29, 0.717) is 18.7 Å². The number of amides is 1. The third kappa shape index (κ3) is 3.40. The minimum atomic E-state index is -0.0955. The van der Waals surface area contributed by atoms with E-state index in [0.717, 1.165) is 47.4 Å². The predicted molar refractivity (Wildman–Crippen MR) is 110 cm³/mol. The van der Waals surface area contributed by atoms with Crippen molar-refractivity contribution in [3.63, 3.8) is 0 Å². The molecule has 1 aliphatic rings. The van der Waals surface area contributed by atoms with Gasteiger partial charge in [-0.2, -0.15) is 0 Å². The molecule has 1 N–H and O–H groups in total. The van der Waals surface area contributed by atoms with Crippen LogP contribution in [0.15, 0.2) is 59.4 Å². The molecule has 3 aromatic heterocycles. The van der Waals surface area contributed by atoms with Crippen molar-refractivity contribution in [3.05, 3.63) is 60.7 Å². The summed E-state index contributed by atoms with van der Waals surface area (Å²) in [5, 5.41) is 3.99. The molecule has 0 bridgehead atoms. The Labute approximate surface area is 167 Å². The molecule has 4 aromatic rings. The van der Waals surface area contributed by atoms with Crippen molar-refractivity contribution < 1.29 is 9.21 Å². The van der Waals surface area contributed by atoms with Crippen molar-refractivity contribution in [3.8, 4) is 0 Å². The molecule has 1 amide bonds. The van der Waals surface area contributed by atoms with E-state index in [1.165, 1.54) is 0 Å². The monoisotopic (exact) mass is 387 g/mol. The summed E-state index contributed by atoms with van der Waals surface area (Å²) >= 11 is 0. The molecule has 1 unspecified atom stereocenters. The first-order valence-corrected chi connectivity index (χ1v) is 9.84. The average Bonchev–Trinajstić information content (AvgIpc) is 3.17. The largest absolute Gasteiger partial charge is 0.450 e. The van der Waals surface area contributed by atoms with E-state index >= 15 is 0 Å². The van der Waals surface area contributed by atoms with Gasteiger partial charge in [-0.3, -0.25) is 9.78 Å². The fourth-order valence-electron chi connectivity index (χ4n) is 3.95. The van der Waals surface area contributed by atoms with Crippen LogP contribution < -0.4 is 10.2 Å². The number of fused-ring (bicyclic) bond motifs is 3. The Balaban J connectivity index is 1.36. The van der Waals surface area contributed by atoms with Gasteiger partial charge in [0, 0.05) is 24.7 Å². The van der Waals surface area contributed by atoms with Crippen LogP contribution in [0.4, 0.5) is 5.82 Å². The van der Waals surface area contributed by atoms with Gasteiger partial charge in [0.1, 0.15) is 17.4 Å². The maximum Gasteiger partial charge on any atom is 0.225 e. The van der Waals surface area contributed by atoms with Crippen LogP contribution in [-0.2, 0) is 11.3 Å². The SMILES string of the molecule is O=C(NCc1ccccn1)C1CCCN(c2ncnc3c2oc2ccccc23)C1. The quantitative estimate of drug-likeness (QED) is 0.578. The summed E-state index contributed by atoms with van der Waals surface area (Å²) in [6.45, 7) is 1.89. The summed E-state index contributed by atoms with van der Waals surface area (Å²) in [4.78, 5) is 28.0. The highest BCUT2D eigenvalue weighted by molar-refractivity contribution is 6.05. The number of rotatable bonds is 4. The molecule has 0 spiro atoms. The van der Waals surface area contributed by atoms with E-state index < -0.39 is 0 Å². The summed E-state index contributed by atoms with van der Waals surface area (Å²) in [7, 11) is 0. The highest BCUT2D eigenvalue weighted by Gasteiger charge is 2.28. The Kier molecular flexibility index (Phi) is 4.56. The molecular weight excluding hydrogens is 366 g/mol. The van der Waals surface area contributed by atoms with Crippen molar-refractivity contribution in [2.45, 2.75) is 19.4 Å². The summed E-state index contributed by atoms with van der Waals surface area (Å²) in [5.74, 6) is 0.713. The number of aromatic nitrogens is 3. The van der Waals surface area contributed by atoms with Crippen LogP contribution in [0.5, 0.6) is 0 Å².